The van der Waals surface area contributed by atoms with Gasteiger partial charge in [0.15, 0.2) is 0 Å². The maximum atomic E-state index is 12.8. The molecule has 37 heavy (non-hydrogen) atoms. The predicted molar refractivity (Wildman–Crippen MR) is 151 cm³/mol. The predicted octanol–water partition coefficient (Wildman–Crippen LogP) is 6.77. The number of hydrogen-bond donors (Lipinski definition) is 2. The molecule has 0 aliphatic carbocycles. The van der Waals surface area contributed by atoms with Crippen molar-refractivity contribution in [1.29, 1.82) is 0 Å². The van der Waals surface area contributed by atoms with E-state index in [0.29, 0.717) is 11.7 Å². The van der Waals surface area contributed by atoms with E-state index in [-0.39, 0.29) is 0 Å². The van der Waals surface area contributed by atoms with Gasteiger partial charge in [-0.15, -0.1) is 0 Å². The maximum absolute atomic E-state index is 12.8. The Morgan fingerprint density at radius 3 is 2.27 bits per heavy atom. The third kappa shape index (κ3) is 10.6. The molecule has 0 unspecified atom stereocenters. The van der Waals surface area contributed by atoms with Gasteiger partial charge in [-0.05, 0) is 101 Å². The minimum Gasteiger partial charge on any atom is -0.368 e. The highest BCUT2D eigenvalue weighted by Gasteiger charge is 2.30. The van der Waals surface area contributed by atoms with Gasteiger partial charge in [0.2, 0.25) is 0 Å². The smallest absolute Gasteiger partial charge is 0.368 e. The van der Waals surface area contributed by atoms with E-state index in [9.17, 15) is 13.2 Å². The number of allylic oxidation sites excluding steroid dienone is 6. The molecule has 0 saturated carbocycles. The van der Waals surface area contributed by atoms with E-state index in [4.69, 9.17) is 0 Å². The molecule has 0 aromatic heterocycles. The zero-order valence-corrected chi connectivity index (χ0v) is 22.4. The van der Waals surface area contributed by atoms with Crippen LogP contribution in [0.2, 0.25) is 0 Å². The summed E-state index contributed by atoms with van der Waals surface area (Å²) in [4.78, 5) is 11.2. The summed E-state index contributed by atoms with van der Waals surface area (Å²) in [5.41, 5.74) is 3.19. The molecule has 1 heterocycles. The fourth-order valence-corrected chi connectivity index (χ4v) is 3.65. The molecule has 1 aromatic rings. The molecule has 0 atom stereocenters. The minimum absolute atomic E-state index is 0.357. The van der Waals surface area contributed by atoms with E-state index in [1.54, 1.807) is 7.05 Å². The number of benzene rings is 1. The van der Waals surface area contributed by atoms with Gasteiger partial charge in [0.1, 0.15) is 5.84 Å². The Labute approximate surface area is 219 Å². The van der Waals surface area contributed by atoms with Crippen molar-refractivity contribution in [3.05, 3.63) is 84.3 Å². The number of hydrogen-bond acceptors (Lipinski definition) is 4. The van der Waals surface area contributed by atoms with Crippen LogP contribution in [0, 0.1) is 0 Å². The molecule has 1 aromatic carbocycles. The Morgan fingerprint density at radius 2 is 1.70 bits per heavy atom. The summed E-state index contributed by atoms with van der Waals surface area (Å²) in [5.74, 6) is 0.852. The highest BCUT2D eigenvalue weighted by atomic mass is 19.4. The second-order valence-corrected chi connectivity index (χ2v) is 9.05. The van der Waals surface area contributed by atoms with Crippen LogP contribution in [0.1, 0.15) is 39.2 Å². The van der Waals surface area contributed by atoms with Gasteiger partial charge in [-0.3, -0.25) is 9.98 Å². The molecule has 0 amide bonds. The number of likely N-dealkylation sites (tertiary alicyclic amines) is 1. The number of nitrogens with zero attached hydrogens (tertiary/aromatic N) is 3. The number of aliphatic imine (C=N–C) groups is 2. The number of alkyl halides is 3. The molecule has 5 nitrogen and oxygen atoms in total. The number of piperidine rings is 1. The number of halogens is 3. The first kappa shape index (κ1) is 29.8. The molecule has 0 radical (unpaired) electrons. The van der Waals surface area contributed by atoms with Gasteiger partial charge < -0.3 is 15.5 Å². The van der Waals surface area contributed by atoms with Gasteiger partial charge >= 0.3 is 6.18 Å². The van der Waals surface area contributed by atoms with E-state index in [0.717, 1.165) is 66.5 Å². The van der Waals surface area contributed by atoms with Crippen molar-refractivity contribution in [2.75, 3.05) is 32.5 Å². The molecule has 8 heteroatoms. The number of amidine groups is 1. The summed E-state index contributed by atoms with van der Waals surface area (Å²) in [7, 11) is 3.93. The van der Waals surface area contributed by atoms with Crippen molar-refractivity contribution in [1.82, 2.24) is 10.2 Å². The molecule has 1 saturated heterocycles. The zero-order chi connectivity index (χ0) is 27.4. The second kappa shape index (κ2) is 14.4. The number of anilines is 1. The van der Waals surface area contributed by atoms with Crippen molar-refractivity contribution in [2.24, 2.45) is 9.98 Å². The first-order chi connectivity index (χ1) is 17.5. The van der Waals surface area contributed by atoms with Gasteiger partial charge in [-0.25, -0.2) is 0 Å². The largest absolute Gasteiger partial charge is 0.416 e. The highest BCUT2D eigenvalue weighted by Crippen LogP contribution is 2.26. The fraction of sp³-hybridized carbons (Fsp3) is 0.379. The van der Waals surface area contributed by atoms with Crippen molar-refractivity contribution >= 4 is 22.8 Å². The highest BCUT2D eigenvalue weighted by molar-refractivity contribution is 6.02. The van der Waals surface area contributed by atoms with Gasteiger partial charge in [0.25, 0.3) is 0 Å². The molecule has 1 aliphatic heterocycles. The summed E-state index contributed by atoms with van der Waals surface area (Å²) in [5, 5.41) is 6.51. The molecule has 2 rings (SSSR count). The van der Waals surface area contributed by atoms with Gasteiger partial charge in [0.05, 0.1) is 5.57 Å². The van der Waals surface area contributed by atoms with Crippen LogP contribution in [0.5, 0.6) is 0 Å². The average molecular weight is 514 g/mol. The lowest BCUT2D eigenvalue weighted by Crippen LogP contribution is -2.42. The lowest BCUT2D eigenvalue weighted by atomic mass is 10.1. The third-order valence-corrected chi connectivity index (χ3v) is 6.00. The molecule has 200 valence electrons. The van der Waals surface area contributed by atoms with Gasteiger partial charge in [0, 0.05) is 36.4 Å². The van der Waals surface area contributed by atoms with Crippen LogP contribution >= 0.6 is 0 Å². The lowest BCUT2D eigenvalue weighted by Gasteiger charge is -2.30. The summed E-state index contributed by atoms with van der Waals surface area (Å²) in [6, 6.07) is 7.98. The SMILES string of the molecule is C=C(/C=C\C(=C/C)C(F)(F)F)Nc1ccc(/C(C)=C/N=C(C)/C=C\C(=NC)NC2CCN(C)CC2)cc1. The Morgan fingerprint density at radius 1 is 1.05 bits per heavy atom. The number of nitrogens with one attached hydrogen (secondary N) is 2. The first-order valence-electron chi connectivity index (χ1n) is 12.3. The Kier molecular flexibility index (Phi) is 11.6. The van der Waals surface area contributed by atoms with Crippen LogP contribution in [0.3, 0.4) is 0 Å². The standard InChI is InChI=1S/C29H38F3N5/c1-7-25(29(30,31)32)12-8-23(4)35-26-13-10-24(11-14-26)21(2)20-34-22(3)9-15-28(33-5)36-27-16-18-37(6)19-17-27/h7-15,20,27,35H,4,16-19H2,1-3,5-6H3,(H,33,36)/b12-8-,15-9-,21-20+,25-7+,34-22+. The van der Waals surface area contributed by atoms with Crippen LogP contribution in [0.4, 0.5) is 18.9 Å². The quantitative estimate of drug-likeness (QED) is 0.218. The van der Waals surface area contributed by atoms with Gasteiger partial charge in [-0.1, -0.05) is 24.8 Å². The van der Waals surface area contributed by atoms with Crippen LogP contribution in [-0.2, 0) is 0 Å². The molecule has 2 N–H and O–H groups in total. The van der Waals surface area contributed by atoms with Crippen molar-refractivity contribution < 1.29 is 13.2 Å². The van der Waals surface area contributed by atoms with Crippen molar-refractivity contribution in [3.8, 4) is 0 Å². The summed E-state index contributed by atoms with van der Waals surface area (Å²) in [6.07, 6.45) is 6.87. The van der Waals surface area contributed by atoms with E-state index in [1.807, 2.05) is 56.5 Å². The summed E-state index contributed by atoms with van der Waals surface area (Å²) < 4.78 is 38.5. The van der Waals surface area contributed by atoms with Crippen LogP contribution < -0.4 is 10.6 Å². The molecule has 0 spiro atoms. The molecular formula is C29H38F3N5. The monoisotopic (exact) mass is 513 g/mol. The Bertz CT molecular complexity index is 1080. The minimum atomic E-state index is -4.39. The van der Waals surface area contributed by atoms with Crippen LogP contribution in [0.25, 0.3) is 5.57 Å². The molecule has 1 aliphatic rings. The molecule has 0 bridgehead atoms. The lowest BCUT2D eigenvalue weighted by molar-refractivity contribution is -0.0883. The topological polar surface area (TPSA) is 52.0 Å². The average Bonchev–Trinajstić information content (AvgIpc) is 2.86. The third-order valence-electron chi connectivity index (χ3n) is 6.00. The fourth-order valence-electron chi connectivity index (χ4n) is 3.65. The summed E-state index contributed by atoms with van der Waals surface area (Å²) >= 11 is 0. The van der Waals surface area contributed by atoms with E-state index < -0.39 is 11.7 Å². The zero-order valence-electron chi connectivity index (χ0n) is 22.4. The van der Waals surface area contributed by atoms with Crippen LogP contribution in [0.15, 0.2) is 88.7 Å². The van der Waals surface area contributed by atoms with Gasteiger partial charge in [-0.2, -0.15) is 13.2 Å². The summed E-state index contributed by atoms with van der Waals surface area (Å²) in [6.45, 7) is 11.2. The van der Waals surface area contributed by atoms with Crippen molar-refractivity contribution in [3.63, 3.8) is 0 Å². The van der Waals surface area contributed by atoms with E-state index in [2.05, 4.69) is 39.1 Å². The van der Waals surface area contributed by atoms with Crippen molar-refractivity contribution in [2.45, 2.75) is 45.8 Å². The normalized spacial score (nSPS) is 17.6. The van der Waals surface area contributed by atoms with E-state index in [1.165, 1.54) is 13.0 Å². The molecule has 1 fully saturated rings. The molecular weight excluding hydrogens is 475 g/mol. The van der Waals surface area contributed by atoms with Crippen LogP contribution in [-0.4, -0.2) is 55.9 Å². The second-order valence-electron chi connectivity index (χ2n) is 9.05. The Hall–Kier alpha value is -3.39. The Balaban J connectivity index is 1.93. The first-order valence-corrected chi connectivity index (χ1v) is 12.3. The van der Waals surface area contributed by atoms with E-state index >= 15 is 0 Å². The number of rotatable bonds is 9. The maximum Gasteiger partial charge on any atom is 0.416 e.